The number of nitrogens with zero attached hydrogens (tertiary/aromatic N) is 1. The minimum atomic E-state index is -0.587. The topological polar surface area (TPSA) is 96.2 Å². The van der Waals surface area contributed by atoms with Crippen LogP contribution in [0.1, 0.15) is 21.5 Å². The van der Waals surface area contributed by atoms with Crippen LogP contribution < -0.4 is 28.4 Å². The third-order valence-corrected chi connectivity index (χ3v) is 5.14. The molecule has 0 saturated carbocycles. The van der Waals surface area contributed by atoms with Gasteiger partial charge in [-0.05, 0) is 65.7 Å². The summed E-state index contributed by atoms with van der Waals surface area (Å²) in [5.74, 6) is 1.97. The van der Waals surface area contributed by atoms with Crippen molar-refractivity contribution in [3.63, 3.8) is 0 Å². The van der Waals surface area contributed by atoms with Crippen LogP contribution in [0.15, 0.2) is 54.6 Å². The van der Waals surface area contributed by atoms with Gasteiger partial charge in [-0.2, -0.15) is 5.26 Å². The summed E-state index contributed by atoms with van der Waals surface area (Å²) in [7, 11) is 7.55. The van der Waals surface area contributed by atoms with Gasteiger partial charge in [-0.3, -0.25) is 0 Å². The SMILES string of the molecule is COc1ccc(C(=O)Oc2ccc(/C=C(/C#N)c3ccc(OC)c(OC)c3)cc2OC)cc1OC. The molecule has 8 nitrogen and oxygen atoms in total. The van der Waals surface area contributed by atoms with E-state index in [0.29, 0.717) is 45.4 Å². The van der Waals surface area contributed by atoms with E-state index in [9.17, 15) is 10.1 Å². The molecule has 0 aliphatic rings. The molecule has 0 atom stereocenters. The number of rotatable bonds is 9. The van der Waals surface area contributed by atoms with Crippen LogP contribution in [0.4, 0.5) is 0 Å². The van der Waals surface area contributed by atoms with Gasteiger partial charge in [-0.15, -0.1) is 0 Å². The molecule has 8 heteroatoms. The minimum absolute atomic E-state index is 0.231. The first-order valence-electron chi connectivity index (χ1n) is 10.4. The summed E-state index contributed by atoms with van der Waals surface area (Å²) in [5.41, 5.74) is 2.03. The average molecular weight is 475 g/mol. The van der Waals surface area contributed by atoms with Crippen LogP contribution in [0.5, 0.6) is 34.5 Å². The van der Waals surface area contributed by atoms with E-state index in [1.54, 1.807) is 61.7 Å². The molecule has 180 valence electrons. The Bertz CT molecular complexity index is 1290. The molecule has 0 spiro atoms. The third kappa shape index (κ3) is 5.65. The second kappa shape index (κ2) is 11.5. The van der Waals surface area contributed by atoms with Crippen molar-refractivity contribution in [3.05, 3.63) is 71.3 Å². The molecular weight excluding hydrogens is 450 g/mol. The quantitative estimate of drug-likeness (QED) is 0.184. The van der Waals surface area contributed by atoms with Crippen LogP contribution in [-0.4, -0.2) is 41.5 Å². The molecule has 0 aliphatic heterocycles. The largest absolute Gasteiger partial charge is 0.493 e. The van der Waals surface area contributed by atoms with Gasteiger partial charge in [0.05, 0.1) is 52.8 Å². The first kappa shape index (κ1) is 25.0. The zero-order valence-electron chi connectivity index (χ0n) is 20.1. The molecule has 3 aromatic rings. The summed E-state index contributed by atoms with van der Waals surface area (Å²) in [4.78, 5) is 12.7. The first-order valence-corrected chi connectivity index (χ1v) is 10.4. The minimum Gasteiger partial charge on any atom is -0.493 e. The molecule has 35 heavy (non-hydrogen) atoms. The van der Waals surface area contributed by atoms with Gasteiger partial charge in [0.15, 0.2) is 34.5 Å². The van der Waals surface area contributed by atoms with Gasteiger partial charge in [0.25, 0.3) is 0 Å². The smallest absolute Gasteiger partial charge is 0.343 e. The Labute approximate surface area is 203 Å². The molecule has 3 aromatic carbocycles. The lowest BCUT2D eigenvalue weighted by Gasteiger charge is -2.12. The lowest BCUT2D eigenvalue weighted by atomic mass is 10.0. The van der Waals surface area contributed by atoms with Crippen molar-refractivity contribution in [3.8, 4) is 40.6 Å². The molecule has 0 fully saturated rings. The van der Waals surface area contributed by atoms with E-state index in [-0.39, 0.29) is 11.3 Å². The molecule has 0 bridgehead atoms. The van der Waals surface area contributed by atoms with Crippen molar-refractivity contribution in [1.82, 2.24) is 0 Å². The van der Waals surface area contributed by atoms with E-state index in [2.05, 4.69) is 6.07 Å². The number of hydrogen-bond acceptors (Lipinski definition) is 8. The number of carbonyl (C=O) groups excluding carboxylic acids is 1. The summed E-state index contributed by atoms with van der Waals surface area (Å²) in [6.45, 7) is 0. The fourth-order valence-electron chi connectivity index (χ4n) is 3.33. The number of carbonyl (C=O) groups is 1. The monoisotopic (exact) mass is 475 g/mol. The molecule has 0 saturated heterocycles. The maximum Gasteiger partial charge on any atom is 0.343 e. The van der Waals surface area contributed by atoms with Gasteiger partial charge in [0.2, 0.25) is 0 Å². The number of hydrogen-bond donors (Lipinski definition) is 0. The average Bonchev–Trinajstić information content (AvgIpc) is 2.91. The lowest BCUT2D eigenvalue weighted by Crippen LogP contribution is -2.09. The Morgan fingerprint density at radius 1 is 0.657 bits per heavy atom. The summed E-state index contributed by atoms with van der Waals surface area (Å²) in [6.07, 6.45) is 1.70. The van der Waals surface area contributed by atoms with Crippen LogP contribution in [0, 0.1) is 11.3 Å². The van der Waals surface area contributed by atoms with E-state index in [4.69, 9.17) is 28.4 Å². The predicted octanol–water partition coefficient (Wildman–Crippen LogP) is 5.01. The Kier molecular flexibility index (Phi) is 8.20. The third-order valence-electron chi connectivity index (χ3n) is 5.14. The van der Waals surface area contributed by atoms with Gasteiger partial charge in [-0.25, -0.2) is 4.79 Å². The standard InChI is InChI=1S/C27H25NO7/c1-30-21-10-7-18(14-25(21)33-4)20(16-28)12-17-6-9-23(24(13-17)32-3)35-27(29)19-8-11-22(31-2)26(15-19)34-5/h6-15H,1-5H3/b20-12-. The Morgan fingerprint density at radius 2 is 1.14 bits per heavy atom. The second-order valence-corrected chi connectivity index (χ2v) is 7.11. The van der Waals surface area contributed by atoms with E-state index in [0.717, 1.165) is 0 Å². The van der Waals surface area contributed by atoms with Gasteiger partial charge in [0.1, 0.15) is 0 Å². The molecule has 0 heterocycles. The number of allylic oxidation sites excluding steroid dienone is 1. The first-order chi connectivity index (χ1) is 17.0. The van der Waals surface area contributed by atoms with Crippen molar-refractivity contribution in [2.24, 2.45) is 0 Å². The van der Waals surface area contributed by atoms with Crippen LogP contribution in [0.25, 0.3) is 11.6 Å². The summed E-state index contributed by atoms with van der Waals surface area (Å²) in [5, 5.41) is 9.73. The van der Waals surface area contributed by atoms with Crippen LogP contribution in [0.3, 0.4) is 0 Å². The Hall–Kier alpha value is -4.64. The molecular formula is C27H25NO7. The van der Waals surface area contributed by atoms with Crippen LogP contribution in [-0.2, 0) is 0 Å². The van der Waals surface area contributed by atoms with Gasteiger partial charge < -0.3 is 28.4 Å². The highest BCUT2D eigenvalue weighted by molar-refractivity contribution is 5.93. The van der Waals surface area contributed by atoms with Crippen molar-refractivity contribution >= 4 is 17.6 Å². The number of benzene rings is 3. The fourth-order valence-corrected chi connectivity index (χ4v) is 3.33. The van der Waals surface area contributed by atoms with Crippen molar-refractivity contribution < 1.29 is 33.2 Å². The molecule has 3 rings (SSSR count). The zero-order valence-corrected chi connectivity index (χ0v) is 20.1. The van der Waals surface area contributed by atoms with E-state index in [1.807, 2.05) is 0 Å². The molecule has 0 aliphatic carbocycles. The van der Waals surface area contributed by atoms with Gasteiger partial charge in [0, 0.05) is 0 Å². The molecule has 0 aromatic heterocycles. The molecule has 0 N–H and O–H groups in total. The lowest BCUT2D eigenvalue weighted by molar-refractivity contribution is 0.0729. The molecule has 0 radical (unpaired) electrons. The highest BCUT2D eigenvalue weighted by atomic mass is 16.6. The predicted molar refractivity (Wildman–Crippen MR) is 131 cm³/mol. The van der Waals surface area contributed by atoms with Gasteiger partial charge in [-0.1, -0.05) is 6.07 Å². The summed E-state index contributed by atoms with van der Waals surface area (Å²) in [6, 6.07) is 17.2. The fraction of sp³-hybridized carbons (Fsp3) is 0.185. The number of nitriles is 1. The number of esters is 1. The Morgan fingerprint density at radius 3 is 1.69 bits per heavy atom. The number of methoxy groups -OCH3 is 5. The normalized spacial score (nSPS) is 10.7. The summed E-state index contributed by atoms with van der Waals surface area (Å²) < 4.78 is 32.0. The number of ether oxygens (including phenoxy) is 6. The highest BCUT2D eigenvalue weighted by Crippen LogP contribution is 2.34. The molecule has 0 unspecified atom stereocenters. The summed E-state index contributed by atoms with van der Waals surface area (Å²) >= 11 is 0. The van der Waals surface area contributed by atoms with E-state index >= 15 is 0 Å². The maximum atomic E-state index is 12.7. The van der Waals surface area contributed by atoms with Crippen molar-refractivity contribution in [2.75, 3.05) is 35.5 Å². The second-order valence-electron chi connectivity index (χ2n) is 7.11. The molecule has 0 amide bonds. The highest BCUT2D eigenvalue weighted by Gasteiger charge is 2.16. The maximum absolute atomic E-state index is 12.7. The Balaban J connectivity index is 1.88. The van der Waals surface area contributed by atoms with Gasteiger partial charge >= 0.3 is 5.97 Å². The van der Waals surface area contributed by atoms with Crippen molar-refractivity contribution in [2.45, 2.75) is 0 Å². The zero-order chi connectivity index (χ0) is 25.4. The van der Waals surface area contributed by atoms with Crippen molar-refractivity contribution in [1.29, 1.82) is 5.26 Å². The van der Waals surface area contributed by atoms with Crippen LogP contribution >= 0.6 is 0 Å². The van der Waals surface area contributed by atoms with Crippen LogP contribution in [0.2, 0.25) is 0 Å². The van der Waals surface area contributed by atoms with E-state index < -0.39 is 5.97 Å². The van der Waals surface area contributed by atoms with E-state index in [1.165, 1.54) is 34.5 Å².